The molecule has 1 atom stereocenters. The Bertz CT molecular complexity index is 414. The fourth-order valence-electron chi connectivity index (χ4n) is 2.00. The Morgan fingerprint density at radius 2 is 2.22 bits per heavy atom. The summed E-state index contributed by atoms with van der Waals surface area (Å²) in [5.41, 5.74) is 6.83. The van der Waals surface area contributed by atoms with E-state index < -0.39 is 0 Å². The van der Waals surface area contributed by atoms with E-state index in [-0.39, 0.29) is 5.92 Å². The smallest absolute Gasteiger partial charge is 0.135 e. The van der Waals surface area contributed by atoms with Crippen LogP contribution in [0.1, 0.15) is 44.0 Å². The van der Waals surface area contributed by atoms with E-state index in [1.165, 1.54) is 0 Å². The van der Waals surface area contributed by atoms with Crippen molar-refractivity contribution in [3.63, 3.8) is 0 Å². The van der Waals surface area contributed by atoms with Gasteiger partial charge in [-0.15, -0.1) is 0 Å². The number of hydrogen-bond acceptors (Lipinski definition) is 5. The van der Waals surface area contributed by atoms with Crippen LogP contribution in [-0.4, -0.2) is 29.2 Å². The molecule has 0 amide bonds. The number of nitrogens with one attached hydrogen (secondary N) is 1. The maximum atomic E-state index is 5.92. The molecule has 1 unspecified atom stereocenters. The molecule has 5 nitrogen and oxygen atoms in total. The summed E-state index contributed by atoms with van der Waals surface area (Å²) in [6.45, 7) is 7.72. The van der Waals surface area contributed by atoms with Gasteiger partial charge in [-0.05, 0) is 19.8 Å². The summed E-state index contributed by atoms with van der Waals surface area (Å²) in [6.07, 6.45) is 2.56. The highest BCUT2D eigenvalue weighted by molar-refractivity contribution is 5.55. The lowest BCUT2D eigenvalue weighted by Gasteiger charge is -2.15. The van der Waals surface area contributed by atoms with Crippen molar-refractivity contribution in [1.29, 1.82) is 0 Å². The second-order valence-corrected chi connectivity index (χ2v) is 5.11. The minimum Gasteiger partial charge on any atom is -0.383 e. The van der Waals surface area contributed by atoms with Gasteiger partial charge in [-0.2, -0.15) is 0 Å². The van der Waals surface area contributed by atoms with Crippen LogP contribution in [0.3, 0.4) is 0 Å². The fraction of sp³-hybridized carbons (Fsp3) is 0.692. The SMILES string of the molecule is Cc1c(N)nc(C(C)C)nc1NCC1CCCO1. The van der Waals surface area contributed by atoms with Crippen LogP contribution >= 0.6 is 0 Å². The van der Waals surface area contributed by atoms with Crippen molar-refractivity contribution in [1.82, 2.24) is 9.97 Å². The van der Waals surface area contributed by atoms with E-state index in [1.807, 2.05) is 6.92 Å². The molecule has 100 valence electrons. The van der Waals surface area contributed by atoms with Gasteiger partial charge in [0, 0.05) is 24.6 Å². The van der Waals surface area contributed by atoms with Gasteiger partial charge in [-0.1, -0.05) is 13.8 Å². The van der Waals surface area contributed by atoms with Crippen molar-refractivity contribution in [3.05, 3.63) is 11.4 Å². The molecule has 0 saturated carbocycles. The zero-order valence-electron chi connectivity index (χ0n) is 11.4. The molecule has 1 saturated heterocycles. The van der Waals surface area contributed by atoms with Gasteiger partial charge < -0.3 is 15.8 Å². The lowest BCUT2D eigenvalue weighted by molar-refractivity contribution is 0.120. The van der Waals surface area contributed by atoms with Gasteiger partial charge >= 0.3 is 0 Å². The van der Waals surface area contributed by atoms with Gasteiger partial charge in [-0.3, -0.25) is 0 Å². The molecule has 18 heavy (non-hydrogen) atoms. The largest absolute Gasteiger partial charge is 0.383 e. The fourth-order valence-corrected chi connectivity index (χ4v) is 2.00. The normalized spacial score (nSPS) is 19.4. The molecule has 1 aromatic rings. The number of nitrogen functional groups attached to an aromatic ring is 1. The Hall–Kier alpha value is -1.36. The van der Waals surface area contributed by atoms with Gasteiger partial charge in [0.15, 0.2) is 0 Å². The molecule has 1 aliphatic rings. The van der Waals surface area contributed by atoms with E-state index in [2.05, 4.69) is 29.1 Å². The topological polar surface area (TPSA) is 73.1 Å². The van der Waals surface area contributed by atoms with Crippen LogP contribution in [0.15, 0.2) is 0 Å². The van der Waals surface area contributed by atoms with E-state index in [4.69, 9.17) is 10.5 Å². The summed E-state index contributed by atoms with van der Waals surface area (Å²) in [5, 5.41) is 3.33. The van der Waals surface area contributed by atoms with Gasteiger partial charge in [0.05, 0.1) is 6.10 Å². The van der Waals surface area contributed by atoms with Gasteiger partial charge in [-0.25, -0.2) is 9.97 Å². The average molecular weight is 250 g/mol. The molecule has 0 radical (unpaired) electrons. The zero-order valence-corrected chi connectivity index (χ0v) is 11.4. The van der Waals surface area contributed by atoms with Crippen LogP contribution in [0.5, 0.6) is 0 Å². The molecule has 0 spiro atoms. The van der Waals surface area contributed by atoms with Crippen molar-refractivity contribution < 1.29 is 4.74 Å². The third kappa shape index (κ3) is 2.90. The van der Waals surface area contributed by atoms with E-state index in [1.54, 1.807) is 0 Å². The first-order valence-electron chi connectivity index (χ1n) is 6.57. The first-order valence-corrected chi connectivity index (χ1v) is 6.57. The van der Waals surface area contributed by atoms with Crippen molar-refractivity contribution in [2.75, 3.05) is 24.2 Å². The molecule has 3 N–H and O–H groups in total. The van der Waals surface area contributed by atoms with Gasteiger partial charge in [0.2, 0.25) is 0 Å². The minimum absolute atomic E-state index is 0.274. The van der Waals surface area contributed by atoms with Crippen LogP contribution in [0.4, 0.5) is 11.6 Å². The van der Waals surface area contributed by atoms with E-state index >= 15 is 0 Å². The summed E-state index contributed by atoms with van der Waals surface area (Å²) in [6, 6.07) is 0. The van der Waals surface area contributed by atoms with Crippen LogP contribution in [0, 0.1) is 6.92 Å². The van der Waals surface area contributed by atoms with Crippen molar-refractivity contribution >= 4 is 11.6 Å². The second-order valence-electron chi connectivity index (χ2n) is 5.11. The summed E-state index contributed by atoms with van der Waals surface area (Å²) >= 11 is 0. The highest BCUT2D eigenvalue weighted by Crippen LogP contribution is 2.21. The van der Waals surface area contributed by atoms with Crippen LogP contribution in [0.2, 0.25) is 0 Å². The Morgan fingerprint density at radius 3 is 2.83 bits per heavy atom. The average Bonchev–Trinajstić information content (AvgIpc) is 2.83. The highest BCUT2D eigenvalue weighted by Gasteiger charge is 2.17. The maximum absolute atomic E-state index is 5.92. The Labute approximate surface area is 108 Å². The summed E-state index contributed by atoms with van der Waals surface area (Å²) < 4.78 is 5.59. The van der Waals surface area contributed by atoms with Crippen molar-refractivity contribution in [3.8, 4) is 0 Å². The standard InChI is InChI=1S/C13H22N4O/c1-8(2)12-16-11(14)9(3)13(17-12)15-7-10-5-4-6-18-10/h8,10H,4-7H2,1-3H3,(H3,14,15,16,17). The molecule has 0 aliphatic carbocycles. The Kier molecular flexibility index (Phi) is 4.01. The second kappa shape index (κ2) is 5.52. The number of hydrogen-bond donors (Lipinski definition) is 2. The third-order valence-corrected chi connectivity index (χ3v) is 3.24. The lowest BCUT2D eigenvalue weighted by Crippen LogP contribution is -2.20. The summed E-state index contributed by atoms with van der Waals surface area (Å²) in [7, 11) is 0. The first-order chi connectivity index (χ1) is 8.58. The molecular formula is C13H22N4O. The molecule has 5 heteroatoms. The Morgan fingerprint density at radius 1 is 1.44 bits per heavy atom. The Balaban J connectivity index is 2.10. The van der Waals surface area contributed by atoms with Crippen molar-refractivity contribution in [2.24, 2.45) is 0 Å². The van der Waals surface area contributed by atoms with Crippen LogP contribution in [-0.2, 0) is 4.74 Å². The predicted octanol–water partition coefficient (Wildman–Crippen LogP) is 2.08. The van der Waals surface area contributed by atoms with E-state index in [9.17, 15) is 0 Å². The molecule has 1 aromatic heterocycles. The highest BCUT2D eigenvalue weighted by atomic mass is 16.5. The number of nitrogens with two attached hydrogens (primary N) is 1. The molecule has 0 bridgehead atoms. The molecule has 1 aliphatic heterocycles. The van der Waals surface area contributed by atoms with Gasteiger partial charge in [0.25, 0.3) is 0 Å². The first kappa shape index (κ1) is 13.1. The summed E-state index contributed by atoms with van der Waals surface area (Å²) in [5.74, 6) is 2.45. The molecule has 1 fully saturated rings. The quantitative estimate of drug-likeness (QED) is 0.856. The molecule has 2 heterocycles. The maximum Gasteiger partial charge on any atom is 0.135 e. The van der Waals surface area contributed by atoms with Crippen LogP contribution < -0.4 is 11.1 Å². The number of anilines is 2. The van der Waals surface area contributed by atoms with E-state index in [0.717, 1.165) is 43.2 Å². The van der Waals surface area contributed by atoms with Gasteiger partial charge in [0.1, 0.15) is 17.5 Å². The number of rotatable bonds is 4. The lowest BCUT2D eigenvalue weighted by atomic mass is 10.2. The molecular weight excluding hydrogens is 228 g/mol. The molecule has 2 rings (SSSR count). The summed E-state index contributed by atoms with van der Waals surface area (Å²) in [4.78, 5) is 8.84. The zero-order chi connectivity index (χ0) is 13.1. The number of aromatic nitrogens is 2. The van der Waals surface area contributed by atoms with Crippen LogP contribution in [0.25, 0.3) is 0 Å². The number of nitrogens with zero attached hydrogens (tertiary/aromatic N) is 2. The molecule has 0 aromatic carbocycles. The predicted molar refractivity (Wildman–Crippen MR) is 72.7 cm³/mol. The van der Waals surface area contributed by atoms with Crippen molar-refractivity contribution in [2.45, 2.75) is 45.6 Å². The monoisotopic (exact) mass is 250 g/mol. The minimum atomic E-state index is 0.274. The third-order valence-electron chi connectivity index (χ3n) is 3.24. The van der Waals surface area contributed by atoms with E-state index in [0.29, 0.717) is 11.9 Å². The number of ether oxygens (including phenoxy) is 1.